The second-order valence-corrected chi connectivity index (χ2v) is 21.5. The minimum atomic E-state index is -2.30. The second-order valence-electron chi connectivity index (χ2n) is 16.0. The summed E-state index contributed by atoms with van der Waals surface area (Å²) < 4.78 is 41.3. The molecule has 0 amide bonds. The van der Waals surface area contributed by atoms with E-state index < -0.39 is 14.4 Å². The van der Waals surface area contributed by atoms with E-state index in [1.54, 1.807) is 0 Å². The molecule has 0 saturated carbocycles. The molecule has 57 heavy (non-hydrogen) atoms. The van der Waals surface area contributed by atoms with Crippen molar-refractivity contribution in [2.45, 2.75) is 84.0 Å². The zero-order valence-electron chi connectivity index (χ0n) is 33.4. The normalized spacial score (nSPS) is 15.3. The highest BCUT2D eigenvalue weighted by Crippen LogP contribution is 2.51. The third-order valence-electron chi connectivity index (χ3n) is 10.7. The highest BCUT2D eigenvalue weighted by Gasteiger charge is 2.44. The Labute approximate surface area is 347 Å². The van der Waals surface area contributed by atoms with Crippen molar-refractivity contribution in [3.05, 3.63) is 183 Å². The van der Waals surface area contributed by atoms with Gasteiger partial charge in [0.25, 0.3) is 0 Å². The van der Waals surface area contributed by atoms with Gasteiger partial charge < -0.3 is 28.1 Å². The topological polar surface area (TPSA) is 55.4 Å². The Hall–Kier alpha value is -5.02. The van der Waals surface area contributed by atoms with Crippen LogP contribution in [0.5, 0.6) is 28.7 Å². The largest absolute Gasteiger partial charge is 0.488 e. The smallest absolute Gasteiger partial charge is 0.192 e. The lowest BCUT2D eigenvalue weighted by Crippen LogP contribution is -2.47. The van der Waals surface area contributed by atoms with E-state index in [1.165, 1.54) is 0 Å². The van der Waals surface area contributed by atoms with E-state index >= 15 is 0 Å². The van der Waals surface area contributed by atoms with Gasteiger partial charge in [0.1, 0.15) is 54.3 Å². The lowest BCUT2D eigenvalue weighted by Gasteiger charge is -2.43. The number of hydrogen-bond acceptors (Lipinski definition) is 6. The van der Waals surface area contributed by atoms with E-state index in [0.29, 0.717) is 61.6 Å². The molecule has 7 rings (SSSR count). The fraction of sp³-hybridized carbons (Fsp3) is 0.265. The van der Waals surface area contributed by atoms with Crippen molar-refractivity contribution in [1.82, 2.24) is 0 Å². The van der Waals surface area contributed by atoms with Crippen molar-refractivity contribution in [2.75, 3.05) is 0 Å². The summed E-state index contributed by atoms with van der Waals surface area (Å²) in [6, 6.07) is 48.8. The average molecular weight is 844 g/mol. The van der Waals surface area contributed by atoms with Crippen molar-refractivity contribution in [3.63, 3.8) is 0 Å². The van der Waals surface area contributed by atoms with Gasteiger partial charge in [-0.15, -0.1) is 0 Å². The van der Waals surface area contributed by atoms with E-state index in [-0.39, 0.29) is 11.1 Å². The number of fused-ring (bicyclic) bond motifs is 1. The molecule has 1 aliphatic heterocycles. The molecule has 0 spiro atoms. The SMILES string of the molecule is CC(C)(C)[Si](C)(C)O[C@H]1Cc2c(OCc3ccccc3)cc(OCc3ccccc3)c(Br)c2O[C@@H]1c1ccc(OCc2ccccc2)c(OCc2ccccc2)c1. The van der Waals surface area contributed by atoms with Gasteiger partial charge in [-0.2, -0.15) is 0 Å². The Bertz CT molecular complexity index is 2210. The van der Waals surface area contributed by atoms with Gasteiger partial charge in [0, 0.05) is 18.1 Å². The third kappa shape index (κ3) is 10.1. The molecule has 6 nitrogen and oxygen atoms in total. The molecule has 8 heteroatoms. The zero-order valence-corrected chi connectivity index (χ0v) is 36.0. The lowest BCUT2D eigenvalue weighted by atomic mass is 9.93. The molecule has 0 unspecified atom stereocenters. The average Bonchev–Trinajstić information content (AvgIpc) is 3.22. The number of hydrogen-bond donors (Lipinski definition) is 0. The summed E-state index contributed by atoms with van der Waals surface area (Å²) in [4.78, 5) is 0. The Morgan fingerprint density at radius 3 is 1.47 bits per heavy atom. The van der Waals surface area contributed by atoms with Crippen molar-refractivity contribution in [1.29, 1.82) is 0 Å². The fourth-order valence-electron chi connectivity index (χ4n) is 6.50. The number of ether oxygens (including phenoxy) is 5. The van der Waals surface area contributed by atoms with E-state index in [2.05, 4.69) is 110 Å². The quantitative estimate of drug-likeness (QED) is 0.0960. The van der Waals surface area contributed by atoms with E-state index in [4.69, 9.17) is 28.1 Å². The second kappa shape index (κ2) is 18.1. The predicted molar refractivity (Wildman–Crippen MR) is 233 cm³/mol. The van der Waals surface area contributed by atoms with Gasteiger partial charge in [0.15, 0.2) is 19.8 Å². The van der Waals surface area contributed by atoms with Crippen LogP contribution in [0.4, 0.5) is 0 Å². The molecule has 6 aromatic rings. The van der Waals surface area contributed by atoms with Crippen molar-refractivity contribution in [3.8, 4) is 28.7 Å². The first-order valence-electron chi connectivity index (χ1n) is 19.5. The summed E-state index contributed by atoms with van der Waals surface area (Å²) in [6.45, 7) is 13.0. The summed E-state index contributed by atoms with van der Waals surface area (Å²) in [6.07, 6.45) is -0.226. The Kier molecular flexibility index (Phi) is 12.7. The monoisotopic (exact) mass is 842 g/mol. The minimum Gasteiger partial charge on any atom is -0.488 e. The molecule has 2 atom stereocenters. The lowest BCUT2D eigenvalue weighted by molar-refractivity contribution is 0.0264. The van der Waals surface area contributed by atoms with Crippen LogP contribution in [0.2, 0.25) is 18.1 Å². The molecule has 294 valence electrons. The van der Waals surface area contributed by atoms with Gasteiger partial charge in [-0.1, -0.05) is 148 Å². The van der Waals surface area contributed by atoms with Gasteiger partial charge >= 0.3 is 0 Å². The molecular weight excluding hydrogens is 793 g/mol. The Balaban J connectivity index is 1.28. The van der Waals surface area contributed by atoms with E-state index in [9.17, 15) is 0 Å². The first-order chi connectivity index (χ1) is 27.5. The van der Waals surface area contributed by atoms with E-state index in [1.807, 2.05) is 84.9 Å². The van der Waals surface area contributed by atoms with Crippen LogP contribution < -0.4 is 23.7 Å². The first kappa shape index (κ1) is 40.2. The molecule has 0 radical (unpaired) electrons. The fourth-order valence-corrected chi connectivity index (χ4v) is 8.38. The minimum absolute atomic E-state index is 0.0285. The van der Waals surface area contributed by atoms with Crippen LogP contribution in [0.1, 0.15) is 60.3 Å². The number of benzene rings is 6. The van der Waals surface area contributed by atoms with E-state index in [0.717, 1.165) is 37.9 Å². The molecule has 0 fully saturated rings. The Morgan fingerprint density at radius 2 is 1.00 bits per heavy atom. The Morgan fingerprint density at radius 1 is 0.561 bits per heavy atom. The maximum atomic E-state index is 7.30. The maximum absolute atomic E-state index is 7.30. The molecule has 0 aliphatic carbocycles. The summed E-state index contributed by atoms with van der Waals surface area (Å²) in [5, 5.41) is -0.0285. The number of rotatable bonds is 15. The molecule has 1 heterocycles. The van der Waals surface area contributed by atoms with Crippen LogP contribution in [0.3, 0.4) is 0 Å². The van der Waals surface area contributed by atoms with Crippen LogP contribution in [0.25, 0.3) is 0 Å². The van der Waals surface area contributed by atoms with Crippen LogP contribution in [-0.2, 0) is 37.3 Å². The first-order valence-corrected chi connectivity index (χ1v) is 23.2. The molecular formula is C49H51BrO6Si. The van der Waals surface area contributed by atoms with Crippen molar-refractivity contribution >= 4 is 24.2 Å². The third-order valence-corrected chi connectivity index (χ3v) is 16.0. The molecule has 1 aliphatic rings. The molecule has 0 saturated heterocycles. The summed E-state index contributed by atoms with van der Waals surface area (Å²) >= 11 is 3.92. The van der Waals surface area contributed by atoms with Crippen molar-refractivity contribution < 1.29 is 28.1 Å². The van der Waals surface area contributed by atoms with Gasteiger partial charge in [-0.05, 0) is 74.0 Å². The molecule has 0 bridgehead atoms. The maximum Gasteiger partial charge on any atom is 0.192 e. The number of halogens is 1. The highest BCUT2D eigenvalue weighted by molar-refractivity contribution is 9.10. The summed E-state index contributed by atoms with van der Waals surface area (Å²) in [7, 11) is -2.30. The van der Waals surface area contributed by atoms with Crippen LogP contribution in [0.15, 0.2) is 150 Å². The van der Waals surface area contributed by atoms with Gasteiger partial charge in [-0.25, -0.2) is 0 Å². The zero-order chi connectivity index (χ0) is 39.8. The molecule has 0 aromatic heterocycles. The molecule has 0 N–H and O–H groups in total. The van der Waals surface area contributed by atoms with Gasteiger partial charge in [-0.3, -0.25) is 0 Å². The van der Waals surface area contributed by atoms with Crippen LogP contribution in [0, 0.1) is 0 Å². The predicted octanol–water partition coefficient (Wildman–Crippen LogP) is 12.8. The highest BCUT2D eigenvalue weighted by atomic mass is 79.9. The van der Waals surface area contributed by atoms with Gasteiger partial charge in [0.05, 0.1) is 6.10 Å². The van der Waals surface area contributed by atoms with Gasteiger partial charge in [0.2, 0.25) is 0 Å². The summed E-state index contributed by atoms with van der Waals surface area (Å²) in [5.74, 6) is 3.32. The van der Waals surface area contributed by atoms with Crippen molar-refractivity contribution in [2.24, 2.45) is 0 Å². The van der Waals surface area contributed by atoms with Crippen LogP contribution in [-0.4, -0.2) is 14.4 Å². The molecule has 6 aromatic carbocycles. The standard InChI is InChI=1S/C49H51BrO6Si/c1-49(2,3)57(4,5)56-45-29-40-42(52-32-36-20-12-7-13-21-36)30-44(54-34-38-24-16-9-17-25-38)46(50)48(40)55-47(45)39-26-27-41(51-31-35-18-10-6-11-19-35)43(28-39)53-33-37-22-14-8-15-23-37/h6-28,30,45,47H,29,31-34H2,1-5H3/t45-,47+/m0/s1. The summed E-state index contributed by atoms with van der Waals surface area (Å²) in [5.41, 5.74) is 6.14. The van der Waals surface area contributed by atoms with Crippen LogP contribution >= 0.6 is 15.9 Å².